The molecule has 0 amide bonds. The number of hydrogen-bond donors (Lipinski definition) is 0. The molecule has 2 nitrogen and oxygen atoms in total. The van der Waals surface area contributed by atoms with Gasteiger partial charge in [0.1, 0.15) is 6.23 Å². The van der Waals surface area contributed by atoms with Crippen molar-refractivity contribution in [3.05, 3.63) is 48.5 Å². The number of fused-ring (bicyclic) bond motifs is 3. The van der Waals surface area contributed by atoms with E-state index in [1.807, 2.05) is 0 Å². The van der Waals surface area contributed by atoms with Crippen LogP contribution in [0.2, 0.25) is 0 Å². The van der Waals surface area contributed by atoms with Crippen molar-refractivity contribution in [3.63, 3.8) is 0 Å². The maximum atomic E-state index is 6.07. The third kappa shape index (κ3) is 2.56. The van der Waals surface area contributed by atoms with Crippen LogP contribution in [0.4, 0.5) is 0 Å². The molecule has 3 aromatic rings. The first kappa shape index (κ1) is 14.2. The van der Waals surface area contributed by atoms with Crippen LogP contribution in [0.15, 0.2) is 48.5 Å². The van der Waals surface area contributed by atoms with Crippen LogP contribution in [0.3, 0.4) is 0 Å². The Morgan fingerprint density at radius 1 is 0.905 bits per heavy atom. The number of ether oxygens (including phenoxy) is 1. The van der Waals surface area contributed by atoms with Crippen molar-refractivity contribution in [2.24, 2.45) is 0 Å². The van der Waals surface area contributed by atoms with E-state index in [0.29, 0.717) is 0 Å². The summed E-state index contributed by atoms with van der Waals surface area (Å²) >= 11 is 0. The molecule has 0 aliphatic carbocycles. The average molecular weight is 281 g/mol. The second-order valence-corrected chi connectivity index (χ2v) is 5.46. The molecule has 21 heavy (non-hydrogen) atoms. The standard InChI is InChI=1S/C19H23NO/c1-3-5-14-19(21-4-2)20-17-12-8-6-10-15(17)16-11-7-9-13-18(16)20/h6-13,19H,3-5,14H2,1-2H3. The number of nitrogens with zero attached hydrogens (tertiary/aromatic N) is 1. The lowest BCUT2D eigenvalue weighted by Crippen LogP contribution is -2.12. The number of benzene rings is 2. The van der Waals surface area contributed by atoms with Crippen LogP contribution in [0.25, 0.3) is 21.8 Å². The van der Waals surface area contributed by atoms with E-state index in [1.54, 1.807) is 0 Å². The monoisotopic (exact) mass is 281 g/mol. The Bertz CT molecular complexity index is 675. The highest BCUT2D eigenvalue weighted by atomic mass is 16.5. The van der Waals surface area contributed by atoms with Crippen LogP contribution in [0, 0.1) is 0 Å². The van der Waals surface area contributed by atoms with Gasteiger partial charge in [0.05, 0.1) is 11.0 Å². The van der Waals surface area contributed by atoms with E-state index in [1.165, 1.54) is 34.6 Å². The van der Waals surface area contributed by atoms with Gasteiger partial charge in [-0.3, -0.25) is 0 Å². The summed E-state index contributed by atoms with van der Waals surface area (Å²) in [5, 5.41) is 2.63. The van der Waals surface area contributed by atoms with Gasteiger partial charge in [0.15, 0.2) is 0 Å². The Labute approximate surface area is 126 Å². The van der Waals surface area contributed by atoms with Crippen LogP contribution in [0.1, 0.15) is 39.3 Å². The van der Waals surface area contributed by atoms with E-state index < -0.39 is 0 Å². The maximum absolute atomic E-state index is 6.07. The molecule has 1 heterocycles. The first-order chi connectivity index (χ1) is 10.4. The SMILES string of the molecule is CCCCC(OCC)n1c2ccccc2c2ccccc21. The summed E-state index contributed by atoms with van der Waals surface area (Å²) in [5.74, 6) is 0. The zero-order valence-corrected chi connectivity index (χ0v) is 12.9. The van der Waals surface area contributed by atoms with Gasteiger partial charge in [-0.2, -0.15) is 0 Å². The van der Waals surface area contributed by atoms with Gasteiger partial charge in [0.2, 0.25) is 0 Å². The lowest BCUT2D eigenvalue weighted by Gasteiger charge is -2.21. The van der Waals surface area contributed by atoms with Gasteiger partial charge in [-0.1, -0.05) is 49.7 Å². The minimum atomic E-state index is 0.125. The Kier molecular flexibility index (Phi) is 4.26. The van der Waals surface area contributed by atoms with Crippen molar-refractivity contribution in [1.29, 1.82) is 0 Å². The average Bonchev–Trinajstić information content (AvgIpc) is 2.86. The molecule has 0 bridgehead atoms. The van der Waals surface area contributed by atoms with Crippen LogP contribution in [-0.4, -0.2) is 11.2 Å². The highest BCUT2D eigenvalue weighted by Crippen LogP contribution is 2.33. The number of aromatic nitrogens is 1. The summed E-state index contributed by atoms with van der Waals surface area (Å²) in [6.07, 6.45) is 3.57. The Morgan fingerprint density at radius 2 is 1.48 bits per heavy atom. The molecule has 0 aliphatic rings. The predicted molar refractivity (Wildman–Crippen MR) is 89.6 cm³/mol. The Hall–Kier alpha value is -1.80. The van der Waals surface area contributed by atoms with Gasteiger partial charge in [-0.25, -0.2) is 0 Å². The summed E-state index contributed by atoms with van der Waals surface area (Å²) in [4.78, 5) is 0. The summed E-state index contributed by atoms with van der Waals surface area (Å²) in [6, 6.07) is 17.3. The summed E-state index contributed by atoms with van der Waals surface area (Å²) in [6.45, 7) is 5.05. The van der Waals surface area contributed by atoms with Gasteiger partial charge in [0.25, 0.3) is 0 Å². The molecule has 0 saturated heterocycles. The summed E-state index contributed by atoms with van der Waals surface area (Å²) in [5.41, 5.74) is 2.54. The Balaban J connectivity index is 2.21. The molecule has 0 N–H and O–H groups in total. The third-order valence-corrected chi connectivity index (χ3v) is 4.07. The van der Waals surface area contributed by atoms with E-state index in [4.69, 9.17) is 4.74 Å². The fourth-order valence-corrected chi connectivity index (χ4v) is 3.12. The van der Waals surface area contributed by atoms with Crippen molar-refractivity contribution in [1.82, 2.24) is 4.57 Å². The normalized spacial score (nSPS) is 13.0. The molecule has 110 valence electrons. The molecule has 0 saturated carbocycles. The minimum Gasteiger partial charge on any atom is -0.358 e. The van der Waals surface area contributed by atoms with Gasteiger partial charge in [0, 0.05) is 17.4 Å². The number of hydrogen-bond acceptors (Lipinski definition) is 1. The fourth-order valence-electron chi connectivity index (χ4n) is 3.12. The lowest BCUT2D eigenvalue weighted by atomic mass is 10.2. The first-order valence-corrected chi connectivity index (χ1v) is 7.96. The smallest absolute Gasteiger partial charge is 0.134 e. The molecule has 1 unspecified atom stereocenters. The molecular weight excluding hydrogens is 258 g/mol. The van der Waals surface area contributed by atoms with Gasteiger partial charge < -0.3 is 9.30 Å². The molecule has 0 fully saturated rings. The second-order valence-electron chi connectivity index (χ2n) is 5.46. The van der Waals surface area contributed by atoms with Crippen LogP contribution < -0.4 is 0 Å². The van der Waals surface area contributed by atoms with Crippen molar-refractivity contribution >= 4 is 21.8 Å². The lowest BCUT2D eigenvalue weighted by molar-refractivity contribution is 0.00866. The topological polar surface area (TPSA) is 14.2 Å². The summed E-state index contributed by atoms with van der Waals surface area (Å²) < 4.78 is 8.45. The zero-order chi connectivity index (χ0) is 14.7. The molecule has 1 atom stereocenters. The van der Waals surface area contributed by atoms with Crippen molar-refractivity contribution in [3.8, 4) is 0 Å². The molecular formula is C19H23NO. The molecule has 2 aromatic carbocycles. The molecule has 0 aliphatic heterocycles. The van der Waals surface area contributed by atoms with Crippen LogP contribution >= 0.6 is 0 Å². The largest absolute Gasteiger partial charge is 0.358 e. The Morgan fingerprint density at radius 3 is 2.00 bits per heavy atom. The predicted octanol–water partition coefficient (Wildman–Crippen LogP) is 5.52. The number of rotatable bonds is 6. The van der Waals surface area contributed by atoms with Gasteiger partial charge >= 0.3 is 0 Å². The molecule has 0 spiro atoms. The molecule has 1 aromatic heterocycles. The molecule has 0 radical (unpaired) electrons. The molecule has 2 heteroatoms. The summed E-state index contributed by atoms with van der Waals surface area (Å²) in [7, 11) is 0. The van der Waals surface area contributed by atoms with Crippen LogP contribution in [0.5, 0.6) is 0 Å². The van der Waals surface area contributed by atoms with Crippen molar-refractivity contribution in [2.45, 2.75) is 39.3 Å². The number of unbranched alkanes of at least 4 members (excludes halogenated alkanes) is 1. The fraction of sp³-hybridized carbons (Fsp3) is 0.368. The highest BCUT2D eigenvalue weighted by molar-refractivity contribution is 6.08. The van der Waals surface area contributed by atoms with E-state index in [2.05, 4.69) is 66.9 Å². The van der Waals surface area contributed by atoms with E-state index >= 15 is 0 Å². The minimum absolute atomic E-state index is 0.125. The van der Waals surface area contributed by atoms with Crippen LogP contribution in [-0.2, 0) is 4.74 Å². The quantitative estimate of drug-likeness (QED) is 0.580. The van der Waals surface area contributed by atoms with Gasteiger partial charge in [-0.05, 0) is 31.9 Å². The van der Waals surface area contributed by atoms with Gasteiger partial charge in [-0.15, -0.1) is 0 Å². The first-order valence-electron chi connectivity index (χ1n) is 7.96. The highest BCUT2D eigenvalue weighted by Gasteiger charge is 2.17. The van der Waals surface area contributed by atoms with E-state index in [-0.39, 0.29) is 6.23 Å². The van der Waals surface area contributed by atoms with Crippen molar-refractivity contribution < 1.29 is 4.74 Å². The van der Waals surface area contributed by atoms with Crippen molar-refractivity contribution in [2.75, 3.05) is 6.61 Å². The molecule has 3 rings (SSSR count). The maximum Gasteiger partial charge on any atom is 0.134 e. The van der Waals surface area contributed by atoms with E-state index in [9.17, 15) is 0 Å². The third-order valence-electron chi connectivity index (χ3n) is 4.07. The number of para-hydroxylation sites is 2. The zero-order valence-electron chi connectivity index (χ0n) is 12.9. The van der Waals surface area contributed by atoms with E-state index in [0.717, 1.165) is 13.0 Å². The second kappa shape index (κ2) is 6.31.